The second-order valence-electron chi connectivity index (χ2n) is 4.21. The number of carbonyl (C=O) groups is 1. The van der Waals surface area contributed by atoms with E-state index in [1.165, 1.54) is 29.1 Å². The fraction of sp³-hybridized carbons (Fsp3) is 0.286. The molecule has 0 atom stereocenters. The molecule has 5 nitrogen and oxygen atoms in total. The van der Waals surface area contributed by atoms with Crippen LogP contribution in [-0.2, 0) is 18.4 Å². The van der Waals surface area contributed by atoms with Crippen LogP contribution in [0.4, 0.5) is 4.39 Å². The van der Waals surface area contributed by atoms with E-state index in [-0.39, 0.29) is 18.2 Å². The van der Waals surface area contributed by atoms with E-state index in [4.69, 9.17) is 21.1 Å². The first kappa shape index (κ1) is 15.3. The van der Waals surface area contributed by atoms with Gasteiger partial charge in [-0.1, -0.05) is 11.6 Å². The van der Waals surface area contributed by atoms with Gasteiger partial charge in [0.25, 0.3) is 0 Å². The van der Waals surface area contributed by atoms with Crippen LogP contribution in [0.15, 0.2) is 24.4 Å². The minimum atomic E-state index is -0.517. The minimum absolute atomic E-state index is 0.0249. The molecule has 0 aliphatic rings. The smallest absolute Gasteiger partial charge is 0.341 e. The standard InChI is InChI=1S/C14H14ClFN2O3/c1-3-20-14(19)10-7-17-18(2)13(10)8-21-9-4-5-12(16)11(15)6-9/h4-7H,3,8H2,1-2H3. The molecule has 0 saturated carbocycles. The number of carbonyl (C=O) groups excluding carboxylic acids is 1. The Morgan fingerprint density at radius 2 is 2.24 bits per heavy atom. The lowest BCUT2D eigenvalue weighted by atomic mass is 10.2. The van der Waals surface area contributed by atoms with Crippen molar-refractivity contribution in [3.8, 4) is 5.75 Å². The van der Waals surface area contributed by atoms with Crippen molar-refractivity contribution in [3.05, 3.63) is 46.5 Å². The van der Waals surface area contributed by atoms with Gasteiger partial charge in [0, 0.05) is 13.1 Å². The Kier molecular flexibility index (Phi) is 4.80. The van der Waals surface area contributed by atoms with E-state index in [1.807, 2.05) is 0 Å². The number of esters is 1. The van der Waals surface area contributed by atoms with Gasteiger partial charge in [-0.25, -0.2) is 9.18 Å². The van der Waals surface area contributed by atoms with Crippen LogP contribution in [0, 0.1) is 5.82 Å². The van der Waals surface area contributed by atoms with E-state index < -0.39 is 11.8 Å². The molecule has 112 valence electrons. The average molecular weight is 313 g/mol. The molecule has 0 N–H and O–H groups in total. The average Bonchev–Trinajstić information content (AvgIpc) is 2.82. The Morgan fingerprint density at radius 3 is 2.90 bits per heavy atom. The van der Waals surface area contributed by atoms with E-state index in [0.717, 1.165) is 0 Å². The Bertz CT molecular complexity index is 658. The van der Waals surface area contributed by atoms with Gasteiger partial charge < -0.3 is 9.47 Å². The molecule has 0 aliphatic carbocycles. The Balaban J connectivity index is 2.14. The highest BCUT2D eigenvalue weighted by atomic mass is 35.5. The van der Waals surface area contributed by atoms with Crippen LogP contribution in [-0.4, -0.2) is 22.4 Å². The second-order valence-corrected chi connectivity index (χ2v) is 4.62. The number of nitrogens with zero attached hydrogens (tertiary/aromatic N) is 2. The molecule has 0 saturated heterocycles. The van der Waals surface area contributed by atoms with Crippen molar-refractivity contribution in [1.82, 2.24) is 9.78 Å². The number of halogens is 2. The molecule has 0 unspecified atom stereocenters. The fourth-order valence-electron chi connectivity index (χ4n) is 1.73. The van der Waals surface area contributed by atoms with Crippen LogP contribution in [0.3, 0.4) is 0 Å². The molecular formula is C14H14ClFN2O3. The van der Waals surface area contributed by atoms with Gasteiger partial charge in [-0.05, 0) is 19.1 Å². The maximum atomic E-state index is 13.1. The first-order valence-electron chi connectivity index (χ1n) is 6.28. The highest BCUT2D eigenvalue weighted by molar-refractivity contribution is 6.30. The highest BCUT2D eigenvalue weighted by Crippen LogP contribution is 2.22. The summed E-state index contributed by atoms with van der Waals surface area (Å²) in [6.45, 7) is 2.10. The first-order valence-corrected chi connectivity index (χ1v) is 6.66. The quantitative estimate of drug-likeness (QED) is 0.797. The molecule has 0 radical (unpaired) electrons. The Morgan fingerprint density at radius 1 is 1.48 bits per heavy atom. The van der Waals surface area contributed by atoms with E-state index >= 15 is 0 Å². The van der Waals surface area contributed by atoms with Crippen LogP contribution in [0.1, 0.15) is 23.0 Å². The maximum Gasteiger partial charge on any atom is 0.341 e. The number of aryl methyl sites for hydroxylation is 1. The van der Waals surface area contributed by atoms with Gasteiger partial charge in [0.15, 0.2) is 0 Å². The number of hydrogen-bond donors (Lipinski definition) is 0. The number of benzene rings is 1. The molecule has 1 aromatic carbocycles. The molecule has 2 aromatic rings. The zero-order valence-corrected chi connectivity index (χ0v) is 12.4. The summed E-state index contributed by atoms with van der Waals surface area (Å²) in [5, 5.41) is 3.99. The number of hydrogen-bond acceptors (Lipinski definition) is 4. The van der Waals surface area contributed by atoms with Crippen LogP contribution in [0.5, 0.6) is 5.75 Å². The molecule has 0 bridgehead atoms. The normalized spacial score (nSPS) is 10.5. The van der Waals surface area contributed by atoms with Crippen molar-refractivity contribution >= 4 is 17.6 Å². The molecule has 21 heavy (non-hydrogen) atoms. The molecule has 0 fully saturated rings. The Hall–Kier alpha value is -2.08. The number of ether oxygens (including phenoxy) is 2. The van der Waals surface area contributed by atoms with Gasteiger partial charge in [0.2, 0.25) is 0 Å². The van der Waals surface area contributed by atoms with Gasteiger partial charge in [-0.2, -0.15) is 5.10 Å². The van der Waals surface area contributed by atoms with Gasteiger partial charge >= 0.3 is 5.97 Å². The molecule has 0 spiro atoms. The monoisotopic (exact) mass is 312 g/mol. The third-order valence-electron chi connectivity index (χ3n) is 2.82. The van der Waals surface area contributed by atoms with E-state index in [0.29, 0.717) is 17.0 Å². The van der Waals surface area contributed by atoms with Crippen molar-refractivity contribution < 1.29 is 18.7 Å². The molecule has 1 heterocycles. The van der Waals surface area contributed by atoms with Crippen molar-refractivity contribution in [3.63, 3.8) is 0 Å². The van der Waals surface area contributed by atoms with Crippen LogP contribution in [0.25, 0.3) is 0 Å². The summed E-state index contributed by atoms with van der Waals surface area (Å²) >= 11 is 5.68. The SMILES string of the molecule is CCOC(=O)c1cnn(C)c1COc1ccc(F)c(Cl)c1. The molecule has 0 amide bonds. The minimum Gasteiger partial charge on any atom is -0.487 e. The maximum absolute atomic E-state index is 13.1. The predicted molar refractivity (Wildman–Crippen MR) is 74.9 cm³/mol. The topological polar surface area (TPSA) is 53.3 Å². The molecular weight excluding hydrogens is 299 g/mol. The predicted octanol–water partition coefficient (Wildman–Crippen LogP) is 2.97. The molecule has 7 heteroatoms. The van der Waals surface area contributed by atoms with Gasteiger partial charge in [-0.15, -0.1) is 0 Å². The molecule has 1 aromatic heterocycles. The van der Waals surface area contributed by atoms with Crippen molar-refractivity contribution in [2.75, 3.05) is 6.61 Å². The van der Waals surface area contributed by atoms with Crippen molar-refractivity contribution in [2.45, 2.75) is 13.5 Å². The van der Waals surface area contributed by atoms with Crippen LogP contribution < -0.4 is 4.74 Å². The summed E-state index contributed by atoms with van der Waals surface area (Å²) in [5.41, 5.74) is 0.904. The summed E-state index contributed by atoms with van der Waals surface area (Å²) in [6.07, 6.45) is 1.42. The van der Waals surface area contributed by atoms with E-state index in [9.17, 15) is 9.18 Å². The third-order valence-corrected chi connectivity index (χ3v) is 3.11. The summed E-state index contributed by atoms with van der Waals surface area (Å²) < 4.78 is 25.1. The lowest BCUT2D eigenvalue weighted by Crippen LogP contribution is -2.11. The Labute approximate surface area is 126 Å². The first-order chi connectivity index (χ1) is 10.0. The van der Waals surface area contributed by atoms with Gasteiger partial charge in [0.1, 0.15) is 23.7 Å². The van der Waals surface area contributed by atoms with Gasteiger partial charge in [-0.3, -0.25) is 4.68 Å². The van der Waals surface area contributed by atoms with Crippen molar-refractivity contribution in [1.29, 1.82) is 0 Å². The highest BCUT2D eigenvalue weighted by Gasteiger charge is 2.17. The largest absolute Gasteiger partial charge is 0.487 e. The van der Waals surface area contributed by atoms with E-state index in [1.54, 1.807) is 14.0 Å². The van der Waals surface area contributed by atoms with Crippen LogP contribution >= 0.6 is 11.6 Å². The van der Waals surface area contributed by atoms with Gasteiger partial charge in [0.05, 0.1) is 23.5 Å². The second kappa shape index (κ2) is 6.58. The summed E-state index contributed by atoms with van der Waals surface area (Å²) in [7, 11) is 1.69. The lowest BCUT2D eigenvalue weighted by molar-refractivity contribution is 0.0523. The molecule has 0 aliphatic heterocycles. The number of rotatable bonds is 5. The number of aromatic nitrogens is 2. The van der Waals surface area contributed by atoms with Crippen LogP contribution in [0.2, 0.25) is 5.02 Å². The summed E-state index contributed by atoms with van der Waals surface area (Å²) in [4.78, 5) is 11.8. The summed E-state index contributed by atoms with van der Waals surface area (Å²) in [5.74, 6) is -0.574. The third kappa shape index (κ3) is 3.52. The van der Waals surface area contributed by atoms with Crippen molar-refractivity contribution in [2.24, 2.45) is 7.05 Å². The lowest BCUT2D eigenvalue weighted by Gasteiger charge is -2.09. The molecule has 2 rings (SSSR count). The zero-order valence-electron chi connectivity index (χ0n) is 11.6. The zero-order chi connectivity index (χ0) is 15.4. The summed E-state index contributed by atoms with van der Waals surface area (Å²) in [6, 6.07) is 4.05. The fourth-order valence-corrected chi connectivity index (χ4v) is 1.90. The van der Waals surface area contributed by atoms with E-state index in [2.05, 4.69) is 5.10 Å².